The van der Waals surface area contributed by atoms with Crippen LogP contribution in [0.4, 0.5) is 0 Å². The number of hydrogen-bond acceptors (Lipinski definition) is 2. The largest absolute Gasteiger partial charge is 0.317 e. The van der Waals surface area contributed by atoms with Crippen molar-refractivity contribution in [3.8, 4) is 0 Å². The topological polar surface area (TPSA) is 12.0 Å². The Hall–Kier alpha value is -0.470. The van der Waals surface area contributed by atoms with Crippen LogP contribution in [0.15, 0.2) is 29.2 Å². The molecule has 1 aromatic carbocycles. The van der Waals surface area contributed by atoms with Crippen LogP contribution >= 0.6 is 11.8 Å². The molecular formula is C13H19NS. The van der Waals surface area contributed by atoms with Crippen molar-refractivity contribution in [3.05, 3.63) is 29.8 Å². The van der Waals surface area contributed by atoms with Crippen LogP contribution in [0.25, 0.3) is 0 Å². The predicted molar refractivity (Wildman–Crippen MR) is 67.5 cm³/mol. The van der Waals surface area contributed by atoms with E-state index in [1.165, 1.54) is 42.8 Å². The molecule has 0 aliphatic carbocycles. The van der Waals surface area contributed by atoms with Crippen LogP contribution in [0, 0.1) is 5.92 Å². The lowest BCUT2D eigenvalue weighted by Crippen LogP contribution is -2.28. The molecule has 1 aliphatic rings. The highest BCUT2D eigenvalue weighted by molar-refractivity contribution is 7.98. The van der Waals surface area contributed by atoms with Crippen molar-refractivity contribution in [2.24, 2.45) is 5.92 Å². The van der Waals surface area contributed by atoms with Gasteiger partial charge in [-0.2, -0.15) is 0 Å². The number of rotatable bonds is 3. The van der Waals surface area contributed by atoms with E-state index >= 15 is 0 Å². The molecule has 0 saturated carbocycles. The molecule has 0 amide bonds. The Morgan fingerprint density at radius 1 is 1.27 bits per heavy atom. The first-order chi connectivity index (χ1) is 7.40. The maximum atomic E-state index is 3.42. The smallest absolute Gasteiger partial charge is 0.0101 e. The lowest BCUT2D eigenvalue weighted by molar-refractivity contribution is 0.371. The van der Waals surface area contributed by atoms with Gasteiger partial charge in [-0.1, -0.05) is 18.2 Å². The van der Waals surface area contributed by atoms with Gasteiger partial charge in [0.25, 0.3) is 0 Å². The van der Waals surface area contributed by atoms with E-state index in [1.807, 2.05) is 11.8 Å². The molecule has 0 bridgehead atoms. The SMILES string of the molecule is CSc1ccccc1CC1CCNCC1. The highest BCUT2D eigenvalue weighted by atomic mass is 32.2. The van der Waals surface area contributed by atoms with Gasteiger partial charge in [-0.15, -0.1) is 11.8 Å². The molecule has 1 heterocycles. The van der Waals surface area contributed by atoms with Crippen LogP contribution in [0.2, 0.25) is 0 Å². The number of hydrogen-bond donors (Lipinski definition) is 1. The van der Waals surface area contributed by atoms with E-state index in [0.29, 0.717) is 0 Å². The van der Waals surface area contributed by atoms with Crippen LogP contribution in [-0.4, -0.2) is 19.3 Å². The predicted octanol–water partition coefficient (Wildman–Crippen LogP) is 2.95. The first-order valence-corrected chi connectivity index (χ1v) is 6.95. The van der Waals surface area contributed by atoms with E-state index in [4.69, 9.17) is 0 Å². The molecule has 2 rings (SSSR count). The molecule has 0 spiro atoms. The van der Waals surface area contributed by atoms with Crippen molar-refractivity contribution in [1.82, 2.24) is 5.32 Å². The standard InChI is InChI=1S/C13H19NS/c1-15-13-5-3-2-4-12(13)10-11-6-8-14-9-7-11/h2-5,11,14H,6-10H2,1H3. The number of thioether (sulfide) groups is 1. The van der Waals surface area contributed by atoms with E-state index in [1.54, 1.807) is 0 Å². The highest BCUT2D eigenvalue weighted by Crippen LogP contribution is 2.25. The Kier molecular flexibility index (Phi) is 4.09. The van der Waals surface area contributed by atoms with E-state index in [9.17, 15) is 0 Å². The van der Waals surface area contributed by atoms with Crippen molar-refractivity contribution in [2.75, 3.05) is 19.3 Å². The van der Waals surface area contributed by atoms with Crippen molar-refractivity contribution in [2.45, 2.75) is 24.2 Å². The fourth-order valence-corrected chi connectivity index (χ4v) is 2.90. The van der Waals surface area contributed by atoms with Crippen molar-refractivity contribution in [1.29, 1.82) is 0 Å². The fraction of sp³-hybridized carbons (Fsp3) is 0.538. The monoisotopic (exact) mass is 221 g/mol. The molecule has 2 heteroatoms. The third-order valence-corrected chi connectivity index (χ3v) is 4.00. The zero-order valence-corrected chi connectivity index (χ0v) is 10.1. The summed E-state index contributed by atoms with van der Waals surface area (Å²) in [4.78, 5) is 1.45. The molecule has 1 nitrogen and oxygen atoms in total. The molecule has 1 aromatic rings. The van der Waals surface area contributed by atoms with Crippen molar-refractivity contribution < 1.29 is 0 Å². The summed E-state index contributed by atoms with van der Waals surface area (Å²) in [7, 11) is 0. The lowest BCUT2D eigenvalue weighted by Gasteiger charge is -2.23. The summed E-state index contributed by atoms with van der Waals surface area (Å²) in [5, 5.41) is 3.42. The van der Waals surface area contributed by atoms with Gasteiger partial charge >= 0.3 is 0 Å². The number of nitrogens with one attached hydrogen (secondary N) is 1. The van der Waals surface area contributed by atoms with Crippen LogP contribution < -0.4 is 5.32 Å². The third kappa shape index (κ3) is 2.99. The molecule has 0 atom stereocenters. The minimum absolute atomic E-state index is 0.888. The van der Waals surface area contributed by atoms with Gasteiger partial charge in [0.2, 0.25) is 0 Å². The van der Waals surface area contributed by atoms with Gasteiger partial charge in [-0.25, -0.2) is 0 Å². The van der Waals surface area contributed by atoms with Gasteiger partial charge in [0.05, 0.1) is 0 Å². The average Bonchev–Trinajstić information content (AvgIpc) is 2.31. The van der Waals surface area contributed by atoms with Gasteiger partial charge in [0.15, 0.2) is 0 Å². The average molecular weight is 221 g/mol. The zero-order valence-electron chi connectivity index (χ0n) is 9.33. The van der Waals surface area contributed by atoms with Gasteiger partial charge < -0.3 is 5.32 Å². The van der Waals surface area contributed by atoms with E-state index < -0.39 is 0 Å². The molecule has 15 heavy (non-hydrogen) atoms. The summed E-state index contributed by atoms with van der Waals surface area (Å²) in [5.41, 5.74) is 1.54. The summed E-state index contributed by atoms with van der Waals surface area (Å²) in [6, 6.07) is 8.82. The molecule has 1 saturated heterocycles. The number of benzene rings is 1. The van der Waals surface area contributed by atoms with Gasteiger partial charge in [-0.05, 0) is 56.2 Å². The Balaban J connectivity index is 2.02. The van der Waals surface area contributed by atoms with Crippen LogP contribution in [0.3, 0.4) is 0 Å². The Bertz CT molecular complexity index is 305. The summed E-state index contributed by atoms with van der Waals surface area (Å²) >= 11 is 1.87. The Labute approximate surface area is 96.7 Å². The molecule has 0 aromatic heterocycles. The molecule has 1 N–H and O–H groups in total. The van der Waals surface area contributed by atoms with E-state index in [2.05, 4.69) is 35.8 Å². The first kappa shape index (κ1) is 11.0. The summed E-state index contributed by atoms with van der Waals surface area (Å²) in [5.74, 6) is 0.888. The van der Waals surface area contributed by atoms with Crippen LogP contribution in [-0.2, 0) is 6.42 Å². The van der Waals surface area contributed by atoms with Gasteiger partial charge in [-0.3, -0.25) is 0 Å². The maximum Gasteiger partial charge on any atom is 0.0101 e. The molecule has 1 aliphatic heterocycles. The Morgan fingerprint density at radius 3 is 2.73 bits per heavy atom. The summed E-state index contributed by atoms with van der Waals surface area (Å²) in [6.07, 6.45) is 6.10. The molecule has 82 valence electrons. The highest BCUT2D eigenvalue weighted by Gasteiger charge is 2.14. The fourth-order valence-electron chi connectivity index (χ4n) is 2.27. The lowest BCUT2D eigenvalue weighted by atomic mass is 9.91. The summed E-state index contributed by atoms with van der Waals surface area (Å²) < 4.78 is 0. The summed E-state index contributed by atoms with van der Waals surface area (Å²) in [6.45, 7) is 2.40. The van der Waals surface area contributed by atoms with Crippen molar-refractivity contribution >= 4 is 11.8 Å². The van der Waals surface area contributed by atoms with Crippen LogP contribution in [0.1, 0.15) is 18.4 Å². The second-order valence-corrected chi connectivity index (χ2v) is 5.06. The minimum atomic E-state index is 0.888. The normalized spacial score (nSPS) is 17.9. The molecule has 1 fully saturated rings. The minimum Gasteiger partial charge on any atom is -0.317 e. The third-order valence-electron chi connectivity index (χ3n) is 3.16. The second-order valence-electron chi connectivity index (χ2n) is 4.21. The van der Waals surface area contributed by atoms with E-state index in [-0.39, 0.29) is 0 Å². The Morgan fingerprint density at radius 2 is 2.00 bits per heavy atom. The van der Waals surface area contributed by atoms with Gasteiger partial charge in [0, 0.05) is 4.90 Å². The van der Waals surface area contributed by atoms with Gasteiger partial charge in [0.1, 0.15) is 0 Å². The quantitative estimate of drug-likeness (QED) is 0.788. The van der Waals surface area contributed by atoms with Crippen LogP contribution in [0.5, 0.6) is 0 Å². The first-order valence-electron chi connectivity index (χ1n) is 5.73. The van der Waals surface area contributed by atoms with E-state index in [0.717, 1.165) is 5.92 Å². The van der Waals surface area contributed by atoms with Crippen molar-refractivity contribution in [3.63, 3.8) is 0 Å². The molecule has 0 unspecified atom stereocenters. The maximum absolute atomic E-state index is 3.42. The number of piperidine rings is 1. The molecule has 0 radical (unpaired) electrons. The second kappa shape index (κ2) is 5.57. The molecular weight excluding hydrogens is 202 g/mol. The zero-order chi connectivity index (χ0) is 10.5.